The van der Waals surface area contributed by atoms with Crippen molar-refractivity contribution in [2.45, 2.75) is 13.0 Å². The molecule has 116 valence electrons. The van der Waals surface area contributed by atoms with Crippen LogP contribution < -0.4 is 14.8 Å². The summed E-state index contributed by atoms with van der Waals surface area (Å²) in [5.41, 5.74) is 1.49. The molecule has 0 aromatic heterocycles. The number of benzene rings is 2. The largest absolute Gasteiger partial charge is 0.497 e. The van der Waals surface area contributed by atoms with Crippen LogP contribution in [0.25, 0.3) is 0 Å². The van der Waals surface area contributed by atoms with Gasteiger partial charge in [0.2, 0.25) is 0 Å². The van der Waals surface area contributed by atoms with Crippen LogP contribution in [0.15, 0.2) is 46.9 Å². The lowest BCUT2D eigenvalue weighted by Crippen LogP contribution is -2.27. The number of ether oxygens (including phenoxy) is 2. The van der Waals surface area contributed by atoms with E-state index >= 15 is 0 Å². The molecule has 0 aliphatic rings. The van der Waals surface area contributed by atoms with Gasteiger partial charge in [-0.15, -0.1) is 0 Å². The first-order valence-electron chi connectivity index (χ1n) is 6.84. The molecule has 5 heteroatoms. The summed E-state index contributed by atoms with van der Waals surface area (Å²) < 4.78 is 11.4. The Balaban J connectivity index is 2.20. The van der Waals surface area contributed by atoms with E-state index < -0.39 is 0 Å². The number of hydrogen-bond donors (Lipinski definition) is 1. The van der Waals surface area contributed by atoms with Crippen molar-refractivity contribution in [2.75, 3.05) is 14.2 Å². The average molecular weight is 364 g/mol. The molecule has 0 fully saturated rings. The van der Waals surface area contributed by atoms with Gasteiger partial charge in [0, 0.05) is 10.5 Å². The smallest absolute Gasteiger partial charge is 0.255 e. The van der Waals surface area contributed by atoms with Crippen molar-refractivity contribution in [3.63, 3.8) is 0 Å². The number of nitrogens with one attached hydrogen (secondary N) is 1. The number of amides is 1. The van der Waals surface area contributed by atoms with Gasteiger partial charge in [-0.1, -0.05) is 34.1 Å². The van der Waals surface area contributed by atoms with Crippen LogP contribution in [-0.4, -0.2) is 20.1 Å². The third-order valence-corrected chi connectivity index (χ3v) is 4.09. The molecule has 22 heavy (non-hydrogen) atoms. The second-order valence-electron chi connectivity index (χ2n) is 4.78. The molecule has 1 N–H and O–H groups in total. The highest BCUT2D eigenvalue weighted by Gasteiger charge is 2.17. The normalized spacial score (nSPS) is 11.6. The average Bonchev–Trinajstić information content (AvgIpc) is 2.54. The van der Waals surface area contributed by atoms with Crippen LogP contribution >= 0.6 is 15.9 Å². The van der Waals surface area contributed by atoms with Crippen LogP contribution in [0.2, 0.25) is 0 Å². The first-order chi connectivity index (χ1) is 10.6. The first-order valence-corrected chi connectivity index (χ1v) is 7.63. The molecule has 1 amide bonds. The fourth-order valence-electron chi connectivity index (χ4n) is 2.16. The molecule has 0 saturated carbocycles. The summed E-state index contributed by atoms with van der Waals surface area (Å²) in [6.07, 6.45) is 0. The van der Waals surface area contributed by atoms with Crippen LogP contribution in [0.1, 0.15) is 28.9 Å². The monoisotopic (exact) mass is 363 g/mol. The predicted octanol–water partition coefficient (Wildman–Crippen LogP) is 3.96. The number of halogens is 1. The van der Waals surface area contributed by atoms with Crippen molar-refractivity contribution in [3.05, 3.63) is 58.1 Å². The second-order valence-corrected chi connectivity index (χ2v) is 5.64. The fraction of sp³-hybridized carbons (Fsp3) is 0.235. The van der Waals surface area contributed by atoms with E-state index in [0.717, 1.165) is 10.0 Å². The van der Waals surface area contributed by atoms with E-state index in [0.29, 0.717) is 17.1 Å². The molecular weight excluding hydrogens is 346 g/mol. The van der Waals surface area contributed by atoms with Gasteiger partial charge in [0.1, 0.15) is 11.5 Å². The SMILES string of the molecule is COc1ccc(C(=O)N[C@@H](C)c2ccccc2Br)c(OC)c1. The van der Waals surface area contributed by atoms with Crippen molar-refractivity contribution < 1.29 is 14.3 Å². The minimum Gasteiger partial charge on any atom is -0.497 e. The van der Waals surface area contributed by atoms with Crippen LogP contribution in [0.3, 0.4) is 0 Å². The third-order valence-electron chi connectivity index (χ3n) is 3.37. The van der Waals surface area contributed by atoms with E-state index in [1.165, 1.54) is 7.11 Å². The van der Waals surface area contributed by atoms with Crippen LogP contribution in [-0.2, 0) is 0 Å². The number of rotatable bonds is 5. The summed E-state index contributed by atoms with van der Waals surface area (Å²) in [4.78, 5) is 12.5. The molecule has 0 radical (unpaired) electrons. The molecule has 2 aromatic rings. The van der Waals surface area contributed by atoms with Crippen LogP contribution in [0.5, 0.6) is 11.5 Å². The van der Waals surface area contributed by atoms with Gasteiger partial charge in [-0.3, -0.25) is 4.79 Å². The van der Waals surface area contributed by atoms with Gasteiger partial charge in [0.15, 0.2) is 0 Å². The minimum absolute atomic E-state index is 0.130. The van der Waals surface area contributed by atoms with Crippen LogP contribution in [0, 0.1) is 0 Å². The molecule has 0 aliphatic heterocycles. The summed E-state index contributed by atoms with van der Waals surface area (Å²) in [6, 6.07) is 12.8. The number of hydrogen-bond acceptors (Lipinski definition) is 3. The van der Waals surface area contributed by atoms with Gasteiger partial charge in [0.25, 0.3) is 5.91 Å². The highest BCUT2D eigenvalue weighted by Crippen LogP contribution is 2.26. The van der Waals surface area contributed by atoms with Gasteiger partial charge in [-0.05, 0) is 30.7 Å². The Bertz CT molecular complexity index is 673. The zero-order chi connectivity index (χ0) is 16.1. The topological polar surface area (TPSA) is 47.6 Å². The van der Waals surface area contributed by atoms with Gasteiger partial charge in [-0.2, -0.15) is 0 Å². The summed E-state index contributed by atoms with van der Waals surface area (Å²) in [5.74, 6) is 0.936. The highest BCUT2D eigenvalue weighted by atomic mass is 79.9. The summed E-state index contributed by atoms with van der Waals surface area (Å²) in [5, 5.41) is 2.98. The Kier molecular flexibility index (Phi) is 5.44. The van der Waals surface area contributed by atoms with Gasteiger partial charge < -0.3 is 14.8 Å². The quantitative estimate of drug-likeness (QED) is 0.874. The summed E-state index contributed by atoms with van der Waals surface area (Å²) >= 11 is 3.50. The first kappa shape index (κ1) is 16.4. The van der Waals surface area contributed by atoms with Crippen molar-refractivity contribution >= 4 is 21.8 Å². The molecule has 2 rings (SSSR count). The van der Waals surface area contributed by atoms with Crippen molar-refractivity contribution in [1.82, 2.24) is 5.32 Å². The van der Waals surface area contributed by atoms with Gasteiger partial charge in [0.05, 0.1) is 25.8 Å². The van der Waals surface area contributed by atoms with E-state index in [1.807, 2.05) is 31.2 Å². The maximum absolute atomic E-state index is 12.5. The molecule has 0 saturated heterocycles. The van der Waals surface area contributed by atoms with Crippen molar-refractivity contribution in [1.29, 1.82) is 0 Å². The minimum atomic E-state index is -0.192. The standard InChI is InChI=1S/C17H18BrNO3/c1-11(13-6-4-5-7-15(13)18)19-17(20)14-9-8-12(21-2)10-16(14)22-3/h4-11H,1-3H3,(H,19,20)/t11-/m0/s1. The van der Waals surface area contributed by atoms with Crippen molar-refractivity contribution in [3.8, 4) is 11.5 Å². The Hall–Kier alpha value is -2.01. The van der Waals surface area contributed by atoms with E-state index in [2.05, 4.69) is 21.2 Å². The molecule has 0 aliphatic carbocycles. The second kappa shape index (κ2) is 7.31. The molecule has 0 unspecified atom stereocenters. The Morgan fingerprint density at radius 3 is 2.50 bits per heavy atom. The van der Waals surface area contributed by atoms with Gasteiger partial charge >= 0.3 is 0 Å². The number of carbonyl (C=O) groups excluding carboxylic acids is 1. The lowest BCUT2D eigenvalue weighted by Gasteiger charge is -2.17. The van der Waals surface area contributed by atoms with E-state index in [1.54, 1.807) is 25.3 Å². The molecule has 0 heterocycles. The number of methoxy groups -OCH3 is 2. The summed E-state index contributed by atoms with van der Waals surface area (Å²) in [7, 11) is 3.10. The molecule has 0 bridgehead atoms. The Morgan fingerprint density at radius 1 is 1.14 bits per heavy atom. The van der Waals surface area contributed by atoms with Gasteiger partial charge in [-0.25, -0.2) is 0 Å². The Labute approximate surface area is 138 Å². The zero-order valence-corrected chi connectivity index (χ0v) is 14.3. The molecular formula is C17H18BrNO3. The highest BCUT2D eigenvalue weighted by molar-refractivity contribution is 9.10. The lowest BCUT2D eigenvalue weighted by atomic mass is 10.1. The maximum atomic E-state index is 12.5. The van der Waals surface area contributed by atoms with E-state index in [-0.39, 0.29) is 11.9 Å². The van der Waals surface area contributed by atoms with Crippen LogP contribution in [0.4, 0.5) is 0 Å². The zero-order valence-electron chi connectivity index (χ0n) is 12.7. The Morgan fingerprint density at radius 2 is 1.86 bits per heavy atom. The predicted molar refractivity (Wildman–Crippen MR) is 89.6 cm³/mol. The molecule has 0 spiro atoms. The molecule has 2 aromatic carbocycles. The van der Waals surface area contributed by atoms with E-state index in [4.69, 9.17) is 9.47 Å². The fourth-order valence-corrected chi connectivity index (χ4v) is 2.79. The molecule has 4 nitrogen and oxygen atoms in total. The third kappa shape index (κ3) is 3.60. The maximum Gasteiger partial charge on any atom is 0.255 e. The molecule has 1 atom stereocenters. The van der Waals surface area contributed by atoms with E-state index in [9.17, 15) is 4.79 Å². The lowest BCUT2D eigenvalue weighted by molar-refractivity contribution is 0.0936. The summed E-state index contributed by atoms with van der Waals surface area (Å²) in [6.45, 7) is 1.94. The van der Waals surface area contributed by atoms with Crippen molar-refractivity contribution in [2.24, 2.45) is 0 Å². The number of carbonyl (C=O) groups is 1.